The van der Waals surface area contributed by atoms with Gasteiger partial charge in [0.05, 0.1) is 11.0 Å². The monoisotopic (exact) mass is 293 g/mol. The lowest BCUT2D eigenvalue weighted by Gasteiger charge is -2.10. The molecular weight excluding hydrogens is 274 g/mol. The van der Waals surface area contributed by atoms with Gasteiger partial charge in [-0.05, 0) is 30.7 Å². The average molecular weight is 293 g/mol. The molecule has 1 amide bonds. The lowest BCUT2D eigenvalue weighted by Crippen LogP contribution is -2.20. The zero-order valence-corrected chi connectivity index (χ0v) is 12.8. The van der Waals surface area contributed by atoms with Crippen LogP contribution in [0.2, 0.25) is 0 Å². The SMILES string of the molecule is CCc1nc2ccccc2n1CC(=O)Nc1ccccc1C. The van der Waals surface area contributed by atoms with E-state index in [1.54, 1.807) is 0 Å². The summed E-state index contributed by atoms with van der Waals surface area (Å²) in [5, 5.41) is 2.98. The minimum atomic E-state index is -0.0350. The van der Waals surface area contributed by atoms with Gasteiger partial charge in [-0.25, -0.2) is 4.98 Å². The van der Waals surface area contributed by atoms with Crippen molar-refractivity contribution >= 4 is 22.6 Å². The number of aromatic nitrogens is 2. The van der Waals surface area contributed by atoms with E-state index >= 15 is 0 Å². The fourth-order valence-corrected chi connectivity index (χ4v) is 2.62. The molecular formula is C18H19N3O. The predicted molar refractivity (Wildman–Crippen MR) is 88.9 cm³/mol. The standard InChI is InChI=1S/C18H19N3O/c1-3-17-19-15-10-6-7-11-16(15)21(17)12-18(22)20-14-9-5-4-8-13(14)2/h4-11H,3,12H2,1-2H3,(H,20,22). The van der Waals surface area contributed by atoms with Crippen LogP contribution < -0.4 is 5.32 Å². The summed E-state index contributed by atoms with van der Waals surface area (Å²) in [7, 11) is 0. The van der Waals surface area contributed by atoms with Gasteiger partial charge in [-0.3, -0.25) is 4.79 Å². The lowest BCUT2D eigenvalue weighted by atomic mass is 10.2. The van der Waals surface area contributed by atoms with Gasteiger partial charge in [-0.1, -0.05) is 37.3 Å². The molecule has 0 saturated carbocycles. The molecule has 4 heteroatoms. The summed E-state index contributed by atoms with van der Waals surface area (Å²) in [6.07, 6.45) is 0.798. The van der Waals surface area contributed by atoms with Crippen LogP contribution in [0.25, 0.3) is 11.0 Å². The number of anilines is 1. The van der Waals surface area contributed by atoms with Crippen molar-refractivity contribution in [1.82, 2.24) is 9.55 Å². The van der Waals surface area contributed by atoms with E-state index in [9.17, 15) is 4.79 Å². The number of fused-ring (bicyclic) bond motifs is 1. The van der Waals surface area contributed by atoms with Gasteiger partial charge in [0.25, 0.3) is 0 Å². The fraction of sp³-hybridized carbons (Fsp3) is 0.222. The van der Waals surface area contributed by atoms with Crippen LogP contribution in [0.1, 0.15) is 18.3 Å². The van der Waals surface area contributed by atoms with Crippen molar-refractivity contribution in [1.29, 1.82) is 0 Å². The number of imidazole rings is 1. The summed E-state index contributed by atoms with van der Waals surface area (Å²) >= 11 is 0. The molecule has 3 rings (SSSR count). The van der Waals surface area contributed by atoms with Crippen LogP contribution in [0.15, 0.2) is 48.5 Å². The van der Waals surface area contributed by atoms with E-state index in [1.165, 1.54) is 0 Å². The van der Waals surface area contributed by atoms with Crippen molar-refractivity contribution in [2.45, 2.75) is 26.8 Å². The molecule has 0 fully saturated rings. The zero-order valence-electron chi connectivity index (χ0n) is 12.8. The molecule has 4 nitrogen and oxygen atoms in total. The normalized spacial score (nSPS) is 10.8. The van der Waals surface area contributed by atoms with Crippen molar-refractivity contribution in [3.8, 4) is 0 Å². The molecule has 3 aromatic rings. The highest BCUT2D eigenvalue weighted by Gasteiger charge is 2.12. The Bertz CT molecular complexity index is 820. The van der Waals surface area contributed by atoms with Gasteiger partial charge in [0.15, 0.2) is 0 Å². The van der Waals surface area contributed by atoms with Gasteiger partial charge in [-0.2, -0.15) is 0 Å². The number of aryl methyl sites for hydroxylation is 2. The predicted octanol–water partition coefficient (Wildman–Crippen LogP) is 3.55. The summed E-state index contributed by atoms with van der Waals surface area (Å²) in [5.41, 5.74) is 3.85. The summed E-state index contributed by atoms with van der Waals surface area (Å²) in [4.78, 5) is 17.0. The Morgan fingerprint density at radius 2 is 1.86 bits per heavy atom. The highest BCUT2D eigenvalue weighted by Crippen LogP contribution is 2.17. The first-order valence-electron chi connectivity index (χ1n) is 7.48. The second-order valence-corrected chi connectivity index (χ2v) is 5.32. The van der Waals surface area contributed by atoms with Gasteiger partial charge >= 0.3 is 0 Å². The molecule has 112 valence electrons. The topological polar surface area (TPSA) is 46.9 Å². The Morgan fingerprint density at radius 3 is 2.64 bits per heavy atom. The van der Waals surface area contributed by atoms with E-state index in [4.69, 9.17) is 0 Å². The van der Waals surface area contributed by atoms with E-state index in [0.717, 1.165) is 34.5 Å². The molecule has 22 heavy (non-hydrogen) atoms. The Hall–Kier alpha value is -2.62. The van der Waals surface area contributed by atoms with Crippen LogP contribution in [-0.2, 0) is 17.8 Å². The van der Waals surface area contributed by atoms with Crippen LogP contribution in [0, 0.1) is 6.92 Å². The minimum absolute atomic E-state index is 0.0350. The van der Waals surface area contributed by atoms with Crippen LogP contribution in [0.4, 0.5) is 5.69 Å². The van der Waals surface area contributed by atoms with Crippen molar-refractivity contribution in [2.75, 3.05) is 5.32 Å². The lowest BCUT2D eigenvalue weighted by molar-refractivity contribution is -0.116. The number of nitrogens with zero attached hydrogens (tertiary/aromatic N) is 2. The van der Waals surface area contributed by atoms with Crippen molar-refractivity contribution in [3.63, 3.8) is 0 Å². The molecule has 0 aliphatic heterocycles. The minimum Gasteiger partial charge on any atom is -0.324 e. The molecule has 1 aromatic heterocycles. The molecule has 0 atom stereocenters. The second kappa shape index (κ2) is 6.02. The van der Waals surface area contributed by atoms with Gasteiger partial charge < -0.3 is 9.88 Å². The van der Waals surface area contributed by atoms with Crippen molar-refractivity contribution in [3.05, 3.63) is 59.9 Å². The Kier molecular flexibility index (Phi) is 3.92. The summed E-state index contributed by atoms with van der Waals surface area (Å²) in [6, 6.07) is 15.7. The van der Waals surface area contributed by atoms with Crippen LogP contribution in [0.5, 0.6) is 0 Å². The van der Waals surface area contributed by atoms with E-state index < -0.39 is 0 Å². The highest BCUT2D eigenvalue weighted by molar-refractivity contribution is 5.92. The number of nitrogens with one attached hydrogen (secondary N) is 1. The highest BCUT2D eigenvalue weighted by atomic mass is 16.1. The van der Waals surface area contributed by atoms with Gasteiger partial charge in [0.1, 0.15) is 12.4 Å². The van der Waals surface area contributed by atoms with Gasteiger partial charge in [0.2, 0.25) is 5.91 Å². The maximum absolute atomic E-state index is 12.4. The number of hydrogen-bond donors (Lipinski definition) is 1. The molecule has 0 spiro atoms. The van der Waals surface area contributed by atoms with Crippen molar-refractivity contribution < 1.29 is 4.79 Å². The van der Waals surface area contributed by atoms with E-state index in [0.29, 0.717) is 0 Å². The molecule has 0 aliphatic rings. The number of rotatable bonds is 4. The molecule has 0 aliphatic carbocycles. The summed E-state index contributed by atoms with van der Waals surface area (Å²) < 4.78 is 1.99. The number of para-hydroxylation sites is 3. The largest absolute Gasteiger partial charge is 0.324 e. The first-order chi connectivity index (χ1) is 10.7. The first kappa shape index (κ1) is 14.3. The van der Waals surface area contributed by atoms with Gasteiger partial charge in [-0.15, -0.1) is 0 Å². The fourth-order valence-electron chi connectivity index (χ4n) is 2.62. The molecule has 2 aromatic carbocycles. The summed E-state index contributed by atoms with van der Waals surface area (Å²) in [6.45, 7) is 4.31. The van der Waals surface area contributed by atoms with Crippen LogP contribution in [-0.4, -0.2) is 15.5 Å². The van der Waals surface area contributed by atoms with Crippen molar-refractivity contribution in [2.24, 2.45) is 0 Å². The van der Waals surface area contributed by atoms with E-state index in [1.807, 2.05) is 60.0 Å². The number of amides is 1. The maximum atomic E-state index is 12.4. The zero-order chi connectivity index (χ0) is 15.5. The molecule has 0 saturated heterocycles. The Morgan fingerprint density at radius 1 is 1.14 bits per heavy atom. The molecule has 0 bridgehead atoms. The smallest absolute Gasteiger partial charge is 0.244 e. The molecule has 0 radical (unpaired) electrons. The maximum Gasteiger partial charge on any atom is 0.244 e. The molecule has 0 unspecified atom stereocenters. The Labute approximate surface area is 129 Å². The third-order valence-electron chi connectivity index (χ3n) is 3.77. The third kappa shape index (κ3) is 2.72. The number of benzene rings is 2. The van der Waals surface area contributed by atoms with E-state index in [-0.39, 0.29) is 12.5 Å². The van der Waals surface area contributed by atoms with Crippen LogP contribution in [0.3, 0.4) is 0 Å². The molecule has 1 N–H and O–H groups in total. The average Bonchev–Trinajstić information content (AvgIpc) is 2.87. The van der Waals surface area contributed by atoms with Gasteiger partial charge in [0, 0.05) is 12.1 Å². The number of hydrogen-bond acceptors (Lipinski definition) is 2. The summed E-state index contributed by atoms with van der Waals surface area (Å²) in [5.74, 6) is 0.897. The molecule has 1 heterocycles. The van der Waals surface area contributed by atoms with E-state index in [2.05, 4.69) is 17.2 Å². The quantitative estimate of drug-likeness (QED) is 0.799. The first-order valence-corrected chi connectivity index (χ1v) is 7.48. The number of carbonyl (C=O) groups excluding carboxylic acids is 1. The Balaban J connectivity index is 1.86. The number of carbonyl (C=O) groups is 1. The second-order valence-electron chi connectivity index (χ2n) is 5.32. The third-order valence-corrected chi connectivity index (χ3v) is 3.77. The van der Waals surface area contributed by atoms with Crippen LogP contribution >= 0.6 is 0 Å².